The molecule has 2 aromatic rings. The number of hydrogen-bond acceptors (Lipinski definition) is 5. The van der Waals surface area contributed by atoms with Crippen molar-refractivity contribution in [3.63, 3.8) is 0 Å². The van der Waals surface area contributed by atoms with E-state index in [1.165, 1.54) is 12.0 Å². The molecule has 6 nitrogen and oxygen atoms in total. The lowest BCUT2D eigenvalue weighted by molar-refractivity contribution is 0.244. The molecule has 1 fully saturated rings. The summed E-state index contributed by atoms with van der Waals surface area (Å²) in [6.45, 7) is 7.17. The van der Waals surface area contributed by atoms with Gasteiger partial charge in [-0.05, 0) is 32.7 Å². The molecule has 0 aromatic carbocycles. The molecule has 1 atom stereocenters. The molecule has 3 heterocycles. The molecular formula is C17H26N6. The molecule has 0 saturated carbocycles. The number of likely N-dealkylation sites (tertiary alicyclic amines) is 1. The van der Waals surface area contributed by atoms with Crippen LogP contribution in [0.2, 0.25) is 0 Å². The Hall–Kier alpha value is -1.95. The predicted molar refractivity (Wildman–Crippen MR) is 91.2 cm³/mol. The number of aromatic nitrogens is 4. The highest BCUT2D eigenvalue weighted by Crippen LogP contribution is 2.32. The smallest absolute Gasteiger partial charge is 0.129 e. The third kappa shape index (κ3) is 3.69. The first-order chi connectivity index (χ1) is 11.2. The van der Waals surface area contributed by atoms with Gasteiger partial charge in [0.05, 0.1) is 17.9 Å². The van der Waals surface area contributed by atoms with E-state index in [2.05, 4.69) is 44.5 Å². The molecule has 1 saturated heterocycles. The average molecular weight is 314 g/mol. The van der Waals surface area contributed by atoms with Gasteiger partial charge in [0.2, 0.25) is 0 Å². The summed E-state index contributed by atoms with van der Waals surface area (Å²) in [6, 6.07) is 2.45. The van der Waals surface area contributed by atoms with Crippen LogP contribution in [0.4, 0.5) is 5.82 Å². The van der Waals surface area contributed by atoms with Crippen LogP contribution in [-0.2, 0) is 13.1 Å². The number of nitrogens with zero attached hydrogens (tertiary/aromatic N) is 5. The van der Waals surface area contributed by atoms with Crippen molar-refractivity contribution in [2.45, 2.75) is 52.2 Å². The first-order valence-electron chi connectivity index (χ1n) is 8.48. The predicted octanol–water partition coefficient (Wildman–Crippen LogP) is 2.77. The number of anilines is 1. The second-order valence-electron chi connectivity index (χ2n) is 6.22. The second-order valence-corrected chi connectivity index (χ2v) is 6.22. The Morgan fingerprint density at radius 2 is 2.22 bits per heavy atom. The lowest BCUT2D eigenvalue weighted by Crippen LogP contribution is -2.23. The van der Waals surface area contributed by atoms with E-state index in [1.807, 2.05) is 24.9 Å². The summed E-state index contributed by atoms with van der Waals surface area (Å²) in [5.74, 6) is 1.73. The molecule has 0 spiro atoms. The molecule has 3 rings (SSSR count). The van der Waals surface area contributed by atoms with Crippen molar-refractivity contribution in [1.29, 1.82) is 0 Å². The fourth-order valence-corrected chi connectivity index (χ4v) is 3.31. The van der Waals surface area contributed by atoms with Crippen LogP contribution in [0.25, 0.3) is 0 Å². The van der Waals surface area contributed by atoms with Gasteiger partial charge in [-0.15, -0.1) is 0 Å². The van der Waals surface area contributed by atoms with E-state index in [-0.39, 0.29) is 0 Å². The fraction of sp³-hybridized carbons (Fsp3) is 0.588. The van der Waals surface area contributed by atoms with Gasteiger partial charge in [0.15, 0.2) is 0 Å². The quantitative estimate of drug-likeness (QED) is 0.888. The van der Waals surface area contributed by atoms with Crippen molar-refractivity contribution in [1.82, 2.24) is 24.6 Å². The van der Waals surface area contributed by atoms with E-state index in [0.717, 1.165) is 49.8 Å². The van der Waals surface area contributed by atoms with Crippen LogP contribution in [0.3, 0.4) is 0 Å². The first-order valence-corrected chi connectivity index (χ1v) is 8.48. The molecular weight excluding hydrogens is 288 g/mol. The lowest BCUT2D eigenvalue weighted by Gasteiger charge is -2.24. The van der Waals surface area contributed by atoms with Crippen molar-refractivity contribution in [2.24, 2.45) is 0 Å². The Labute approximate surface area is 137 Å². The maximum absolute atomic E-state index is 4.68. The highest BCUT2D eigenvalue weighted by molar-refractivity contribution is 5.36. The number of rotatable bonds is 6. The molecule has 0 radical (unpaired) electrons. The minimum absolute atomic E-state index is 0.373. The minimum Gasteiger partial charge on any atom is -0.373 e. The summed E-state index contributed by atoms with van der Waals surface area (Å²) in [7, 11) is 1.90. The first kappa shape index (κ1) is 15.9. The van der Waals surface area contributed by atoms with Gasteiger partial charge in [0.25, 0.3) is 0 Å². The van der Waals surface area contributed by atoms with Crippen LogP contribution in [0.15, 0.2) is 18.5 Å². The van der Waals surface area contributed by atoms with Crippen molar-refractivity contribution >= 4 is 5.82 Å². The van der Waals surface area contributed by atoms with Crippen molar-refractivity contribution in [3.05, 3.63) is 35.5 Å². The SMILES string of the molecule is CCCn1cc(CN2CCC[C@@H]2c2cc(NC)nc(C)n2)cn1. The van der Waals surface area contributed by atoms with E-state index in [1.54, 1.807) is 0 Å². The average Bonchev–Trinajstić information content (AvgIpc) is 3.17. The second kappa shape index (κ2) is 7.08. The highest BCUT2D eigenvalue weighted by atomic mass is 15.3. The van der Waals surface area contributed by atoms with Crippen LogP contribution in [0.1, 0.15) is 49.3 Å². The summed E-state index contributed by atoms with van der Waals surface area (Å²) in [5, 5.41) is 7.57. The van der Waals surface area contributed by atoms with Crippen molar-refractivity contribution in [3.8, 4) is 0 Å². The summed E-state index contributed by atoms with van der Waals surface area (Å²) in [5.41, 5.74) is 2.41. The van der Waals surface area contributed by atoms with Crippen LogP contribution in [0.5, 0.6) is 0 Å². The van der Waals surface area contributed by atoms with Crippen LogP contribution >= 0.6 is 0 Å². The Morgan fingerprint density at radius 1 is 1.35 bits per heavy atom. The molecule has 6 heteroatoms. The largest absolute Gasteiger partial charge is 0.373 e. The summed E-state index contributed by atoms with van der Waals surface area (Å²) >= 11 is 0. The van der Waals surface area contributed by atoms with Crippen molar-refractivity contribution < 1.29 is 0 Å². The lowest BCUT2D eigenvalue weighted by atomic mass is 10.1. The fourth-order valence-electron chi connectivity index (χ4n) is 3.31. The topological polar surface area (TPSA) is 58.9 Å². The molecule has 23 heavy (non-hydrogen) atoms. The van der Waals surface area contributed by atoms with Gasteiger partial charge in [-0.25, -0.2) is 9.97 Å². The van der Waals surface area contributed by atoms with Gasteiger partial charge in [-0.1, -0.05) is 6.92 Å². The summed E-state index contributed by atoms with van der Waals surface area (Å²) in [6.07, 6.45) is 7.65. The number of aryl methyl sites for hydroxylation is 2. The Kier molecular flexibility index (Phi) is 4.91. The molecule has 1 N–H and O–H groups in total. The third-order valence-corrected chi connectivity index (χ3v) is 4.34. The molecule has 0 aliphatic carbocycles. The molecule has 2 aromatic heterocycles. The molecule has 0 unspecified atom stereocenters. The maximum Gasteiger partial charge on any atom is 0.129 e. The van der Waals surface area contributed by atoms with E-state index >= 15 is 0 Å². The zero-order chi connectivity index (χ0) is 16.2. The van der Waals surface area contributed by atoms with Gasteiger partial charge in [-0.3, -0.25) is 9.58 Å². The van der Waals surface area contributed by atoms with Gasteiger partial charge >= 0.3 is 0 Å². The van der Waals surface area contributed by atoms with Gasteiger partial charge in [-0.2, -0.15) is 5.10 Å². The number of nitrogens with one attached hydrogen (secondary N) is 1. The minimum atomic E-state index is 0.373. The van der Waals surface area contributed by atoms with E-state index in [9.17, 15) is 0 Å². The monoisotopic (exact) mass is 314 g/mol. The van der Waals surface area contributed by atoms with E-state index in [4.69, 9.17) is 0 Å². The van der Waals surface area contributed by atoms with Crippen molar-refractivity contribution in [2.75, 3.05) is 18.9 Å². The van der Waals surface area contributed by atoms with Crippen LogP contribution < -0.4 is 5.32 Å². The van der Waals surface area contributed by atoms with Crippen LogP contribution in [0, 0.1) is 6.92 Å². The van der Waals surface area contributed by atoms with E-state index in [0.29, 0.717) is 6.04 Å². The van der Waals surface area contributed by atoms with Gasteiger partial charge < -0.3 is 5.32 Å². The molecule has 1 aliphatic heterocycles. The normalized spacial score (nSPS) is 18.5. The van der Waals surface area contributed by atoms with Crippen LogP contribution in [-0.4, -0.2) is 38.2 Å². The summed E-state index contributed by atoms with van der Waals surface area (Å²) < 4.78 is 2.04. The third-order valence-electron chi connectivity index (χ3n) is 4.34. The standard InChI is InChI=1S/C17H26N6/c1-4-7-23-12-14(10-19-23)11-22-8-5-6-16(22)15-9-17(18-3)21-13(2)20-15/h9-10,12,16H,4-8,11H2,1-3H3,(H,18,20,21)/t16-/m1/s1. The Morgan fingerprint density at radius 3 is 3.00 bits per heavy atom. The van der Waals surface area contributed by atoms with E-state index < -0.39 is 0 Å². The number of hydrogen-bond donors (Lipinski definition) is 1. The molecule has 1 aliphatic rings. The molecule has 0 amide bonds. The Balaban J connectivity index is 1.75. The highest BCUT2D eigenvalue weighted by Gasteiger charge is 2.28. The Bertz CT molecular complexity index is 650. The van der Waals surface area contributed by atoms with Gasteiger partial charge in [0, 0.05) is 38.0 Å². The molecule has 0 bridgehead atoms. The van der Waals surface area contributed by atoms with Gasteiger partial charge in [0.1, 0.15) is 11.6 Å². The zero-order valence-corrected chi connectivity index (χ0v) is 14.3. The molecule has 124 valence electrons. The maximum atomic E-state index is 4.68. The summed E-state index contributed by atoms with van der Waals surface area (Å²) in [4.78, 5) is 11.6. The zero-order valence-electron chi connectivity index (χ0n) is 14.3.